The van der Waals surface area contributed by atoms with Gasteiger partial charge in [0.1, 0.15) is 5.69 Å². The summed E-state index contributed by atoms with van der Waals surface area (Å²) in [5, 5.41) is 6.41. The number of morpholine rings is 1. The number of nitrogens with one attached hydrogen (secondary N) is 2. The molecule has 0 spiro atoms. The second-order valence-corrected chi connectivity index (χ2v) is 6.27. The van der Waals surface area contributed by atoms with Crippen LogP contribution in [0.15, 0.2) is 18.3 Å². The van der Waals surface area contributed by atoms with E-state index in [1.165, 1.54) is 25.7 Å². The molecular weight excluding hydrogens is 292 g/mol. The van der Waals surface area contributed by atoms with Crippen molar-refractivity contribution in [3.63, 3.8) is 0 Å². The Hall–Kier alpha value is -1.66. The van der Waals surface area contributed by atoms with Crippen molar-refractivity contribution >= 4 is 11.6 Å². The van der Waals surface area contributed by atoms with E-state index in [9.17, 15) is 4.79 Å². The maximum Gasteiger partial charge on any atom is 0.269 e. The molecule has 2 aliphatic rings. The van der Waals surface area contributed by atoms with E-state index in [0.717, 1.165) is 38.5 Å². The summed E-state index contributed by atoms with van der Waals surface area (Å²) < 4.78 is 5.31. The van der Waals surface area contributed by atoms with Crippen LogP contribution in [-0.4, -0.2) is 61.2 Å². The van der Waals surface area contributed by atoms with Gasteiger partial charge in [-0.15, -0.1) is 0 Å². The van der Waals surface area contributed by atoms with E-state index in [1.54, 1.807) is 12.3 Å². The van der Waals surface area contributed by atoms with Crippen molar-refractivity contribution in [2.75, 3.05) is 44.7 Å². The summed E-state index contributed by atoms with van der Waals surface area (Å²) in [7, 11) is 0. The number of ether oxygens (including phenoxy) is 1. The maximum atomic E-state index is 12.1. The zero-order chi connectivity index (χ0) is 15.9. The van der Waals surface area contributed by atoms with Gasteiger partial charge < -0.3 is 15.4 Å². The highest BCUT2D eigenvalue weighted by Crippen LogP contribution is 2.21. The number of rotatable bonds is 6. The number of anilines is 1. The number of hydrogen-bond donors (Lipinski definition) is 2. The minimum absolute atomic E-state index is 0.106. The topological polar surface area (TPSA) is 66.5 Å². The zero-order valence-electron chi connectivity index (χ0n) is 13.6. The predicted molar refractivity (Wildman–Crippen MR) is 89.7 cm³/mol. The van der Waals surface area contributed by atoms with Gasteiger partial charge >= 0.3 is 0 Å². The number of carbonyl (C=O) groups is 1. The van der Waals surface area contributed by atoms with Crippen LogP contribution in [0.3, 0.4) is 0 Å². The molecule has 0 atom stereocenters. The minimum atomic E-state index is -0.106. The van der Waals surface area contributed by atoms with Gasteiger partial charge in [0.2, 0.25) is 0 Å². The van der Waals surface area contributed by atoms with Gasteiger partial charge in [0.05, 0.1) is 25.1 Å². The maximum absolute atomic E-state index is 12.1. The van der Waals surface area contributed by atoms with Gasteiger partial charge in [-0.25, -0.2) is 4.98 Å². The Labute approximate surface area is 137 Å². The van der Waals surface area contributed by atoms with Gasteiger partial charge in [-0.2, -0.15) is 0 Å². The summed E-state index contributed by atoms with van der Waals surface area (Å²) in [4.78, 5) is 18.7. The Morgan fingerprint density at radius 3 is 2.74 bits per heavy atom. The molecule has 1 aromatic rings. The van der Waals surface area contributed by atoms with E-state index in [2.05, 4.69) is 20.5 Å². The molecule has 1 aromatic heterocycles. The average Bonchev–Trinajstić information content (AvgIpc) is 3.09. The van der Waals surface area contributed by atoms with Crippen molar-refractivity contribution in [2.24, 2.45) is 0 Å². The quantitative estimate of drug-likeness (QED) is 0.832. The van der Waals surface area contributed by atoms with Crippen LogP contribution in [0.25, 0.3) is 0 Å². The zero-order valence-corrected chi connectivity index (χ0v) is 13.6. The monoisotopic (exact) mass is 318 g/mol. The summed E-state index contributed by atoms with van der Waals surface area (Å²) in [6.45, 7) is 4.94. The lowest BCUT2D eigenvalue weighted by Crippen LogP contribution is -2.41. The third-order valence-corrected chi connectivity index (χ3v) is 4.54. The smallest absolute Gasteiger partial charge is 0.269 e. The first-order chi connectivity index (χ1) is 11.3. The van der Waals surface area contributed by atoms with Gasteiger partial charge in [0.25, 0.3) is 5.91 Å². The van der Waals surface area contributed by atoms with Crippen LogP contribution < -0.4 is 10.6 Å². The van der Waals surface area contributed by atoms with Gasteiger partial charge in [0, 0.05) is 32.2 Å². The molecule has 1 aliphatic heterocycles. The van der Waals surface area contributed by atoms with Crippen LogP contribution in [0, 0.1) is 0 Å². The van der Waals surface area contributed by atoms with Crippen LogP contribution in [0.2, 0.25) is 0 Å². The van der Waals surface area contributed by atoms with E-state index in [4.69, 9.17) is 4.74 Å². The summed E-state index contributed by atoms with van der Waals surface area (Å²) in [6, 6.07) is 4.30. The first kappa shape index (κ1) is 16.2. The molecule has 6 heteroatoms. The number of pyridine rings is 1. The van der Waals surface area contributed by atoms with Gasteiger partial charge in [-0.05, 0) is 25.0 Å². The lowest BCUT2D eigenvalue weighted by molar-refractivity contribution is 0.0383. The summed E-state index contributed by atoms with van der Waals surface area (Å²) >= 11 is 0. The third-order valence-electron chi connectivity index (χ3n) is 4.54. The molecule has 2 fully saturated rings. The molecule has 1 amide bonds. The van der Waals surface area contributed by atoms with Gasteiger partial charge in [-0.3, -0.25) is 9.69 Å². The van der Waals surface area contributed by atoms with Crippen LogP contribution in [0.5, 0.6) is 0 Å². The van der Waals surface area contributed by atoms with E-state index >= 15 is 0 Å². The second-order valence-electron chi connectivity index (χ2n) is 6.27. The summed E-state index contributed by atoms with van der Waals surface area (Å²) in [5.74, 6) is -0.106. The molecule has 0 bridgehead atoms. The molecule has 126 valence electrons. The Morgan fingerprint density at radius 1 is 1.26 bits per heavy atom. The van der Waals surface area contributed by atoms with Crippen LogP contribution in [-0.2, 0) is 4.74 Å². The van der Waals surface area contributed by atoms with E-state index < -0.39 is 0 Å². The van der Waals surface area contributed by atoms with E-state index in [-0.39, 0.29) is 5.91 Å². The molecular formula is C17H26N4O2. The minimum Gasteiger partial charge on any atom is -0.381 e. The highest BCUT2D eigenvalue weighted by molar-refractivity contribution is 5.92. The van der Waals surface area contributed by atoms with Gasteiger partial charge in [0.15, 0.2) is 0 Å². The Bertz CT molecular complexity index is 494. The number of aromatic nitrogens is 1. The van der Waals surface area contributed by atoms with Crippen molar-refractivity contribution in [1.82, 2.24) is 15.2 Å². The normalized spacial score (nSPS) is 19.7. The standard InChI is InChI=1S/C17H26N4O2/c22-17(18-7-8-21-9-11-23-12-10-21)16-6-5-15(13-19-16)20-14-3-1-2-4-14/h5-6,13-14,20H,1-4,7-12H2,(H,18,22). The fraction of sp³-hybridized carbons (Fsp3) is 0.647. The lowest BCUT2D eigenvalue weighted by Gasteiger charge is -2.26. The van der Waals surface area contributed by atoms with Crippen LogP contribution in [0.1, 0.15) is 36.2 Å². The third kappa shape index (κ3) is 4.91. The fourth-order valence-corrected chi connectivity index (χ4v) is 3.16. The fourth-order valence-electron chi connectivity index (χ4n) is 3.16. The van der Waals surface area contributed by atoms with Crippen LogP contribution in [0.4, 0.5) is 5.69 Å². The summed E-state index contributed by atoms with van der Waals surface area (Å²) in [5.41, 5.74) is 1.48. The molecule has 0 aromatic carbocycles. The van der Waals surface area contributed by atoms with Crippen LogP contribution >= 0.6 is 0 Å². The molecule has 0 unspecified atom stereocenters. The van der Waals surface area contributed by atoms with Crippen molar-refractivity contribution in [1.29, 1.82) is 0 Å². The van der Waals surface area contributed by atoms with Crippen molar-refractivity contribution in [3.05, 3.63) is 24.0 Å². The molecule has 2 N–H and O–H groups in total. The van der Waals surface area contributed by atoms with E-state index in [1.807, 2.05) is 6.07 Å². The predicted octanol–water partition coefficient (Wildman–Crippen LogP) is 1.50. The number of hydrogen-bond acceptors (Lipinski definition) is 5. The molecule has 23 heavy (non-hydrogen) atoms. The molecule has 1 aliphatic carbocycles. The lowest BCUT2D eigenvalue weighted by atomic mass is 10.2. The Kier molecular flexibility index (Phi) is 5.82. The second kappa shape index (κ2) is 8.26. The van der Waals surface area contributed by atoms with E-state index in [0.29, 0.717) is 18.3 Å². The highest BCUT2D eigenvalue weighted by atomic mass is 16.5. The molecule has 1 saturated heterocycles. The summed E-state index contributed by atoms with van der Waals surface area (Å²) in [6.07, 6.45) is 6.81. The van der Waals surface area contributed by atoms with Crippen molar-refractivity contribution in [3.8, 4) is 0 Å². The first-order valence-electron chi connectivity index (χ1n) is 8.62. The highest BCUT2D eigenvalue weighted by Gasteiger charge is 2.15. The number of carbonyl (C=O) groups excluding carboxylic acids is 1. The number of amides is 1. The molecule has 2 heterocycles. The SMILES string of the molecule is O=C(NCCN1CCOCC1)c1ccc(NC2CCCC2)cn1. The molecule has 3 rings (SSSR count). The Morgan fingerprint density at radius 2 is 2.04 bits per heavy atom. The largest absolute Gasteiger partial charge is 0.381 e. The number of nitrogens with zero attached hydrogens (tertiary/aromatic N) is 2. The van der Waals surface area contributed by atoms with Crippen molar-refractivity contribution < 1.29 is 9.53 Å². The first-order valence-corrected chi connectivity index (χ1v) is 8.62. The molecule has 0 radical (unpaired) electrons. The molecule has 6 nitrogen and oxygen atoms in total. The molecule has 1 saturated carbocycles. The average molecular weight is 318 g/mol. The van der Waals surface area contributed by atoms with Crippen molar-refractivity contribution in [2.45, 2.75) is 31.7 Å². The Balaban J connectivity index is 1.41. The van der Waals surface area contributed by atoms with Gasteiger partial charge in [-0.1, -0.05) is 12.8 Å².